The average Bonchev–Trinajstić information content (AvgIpc) is 2.08. The summed E-state index contributed by atoms with van der Waals surface area (Å²) in [6.07, 6.45) is 4.82. The van der Waals surface area contributed by atoms with Crippen molar-refractivity contribution in [3.8, 4) is 0 Å². The van der Waals surface area contributed by atoms with Gasteiger partial charge in [-0.3, -0.25) is 4.79 Å². The van der Waals surface area contributed by atoms with Crippen LogP contribution in [0, 0.1) is 0 Å². The second-order valence-electron chi connectivity index (χ2n) is 2.46. The number of carbonyl (C=O) groups is 1. The van der Waals surface area contributed by atoms with Gasteiger partial charge in [-0.15, -0.1) is 0 Å². The molecule has 1 aromatic heterocycles. The van der Waals surface area contributed by atoms with Gasteiger partial charge in [0.1, 0.15) is 5.15 Å². The summed E-state index contributed by atoms with van der Waals surface area (Å²) in [6, 6.07) is 0. The molecule has 0 bridgehead atoms. The minimum absolute atomic E-state index is 0.0852. The fourth-order valence-corrected chi connectivity index (χ4v) is 1.13. The van der Waals surface area contributed by atoms with Crippen molar-refractivity contribution in [1.29, 1.82) is 0 Å². The average molecular weight is 232 g/mol. The van der Waals surface area contributed by atoms with Crippen LogP contribution >= 0.6 is 23.2 Å². The maximum absolute atomic E-state index is 10.4. The molecule has 0 fully saturated rings. The van der Waals surface area contributed by atoms with Crippen LogP contribution < -0.4 is 5.73 Å². The van der Waals surface area contributed by atoms with Crippen LogP contribution in [0.2, 0.25) is 10.4 Å². The van der Waals surface area contributed by atoms with E-state index in [2.05, 4.69) is 9.97 Å². The molecule has 0 unspecified atom stereocenters. The number of nitrogens with two attached hydrogens (primary N) is 1. The van der Waals surface area contributed by atoms with Gasteiger partial charge in [0.25, 0.3) is 0 Å². The van der Waals surface area contributed by atoms with Crippen LogP contribution in [0.15, 0.2) is 12.3 Å². The van der Waals surface area contributed by atoms with Crippen LogP contribution in [0.5, 0.6) is 0 Å². The van der Waals surface area contributed by atoms with E-state index in [-0.39, 0.29) is 16.9 Å². The highest BCUT2D eigenvalue weighted by Crippen LogP contribution is 2.15. The number of amides is 1. The Morgan fingerprint density at radius 1 is 1.57 bits per heavy atom. The van der Waals surface area contributed by atoms with Gasteiger partial charge in [0.2, 0.25) is 11.2 Å². The Morgan fingerprint density at radius 3 is 2.86 bits per heavy atom. The second-order valence-corrected chi connectivity index (χ2v) is 3.15. The molecule has 74 valence electrons. The van der Waals surface area contributed by atoms with E-state index in [0.29, 0.717) is 5.56 Å². The molecule has 0 aliphatic carbocycles. The summed E-state index contributed by atoms with van der Waals surface area (Å²) >= 11 is 11.2. The Balaban J connectivity index is 2.76. The summed E-state index contributed by atoms with van der Waals surface area (Å²) in [5, 5.41) is 0.327. The van der Waals surface area contributed by atoms with Gasteiger partial charge in [-0.1, -0.05) is 23.8 Å². The molecule has 0 aliphatic heterocycles. The van der Waals surface area contributed by atoms with E-state index in [1.165, 1.54) is 6.20 Å². The minimum atomic E-state index is -0.410. The highest BCUT2D eigenvalue weighted by atomic mass is 35.5. The molecular formula is C8H7Cl2N3O. The lowest BCUT2D eigenvalue weighted by atomic mass is 10.3. The predicted molar refractivity (Wildman–Crippen MR) is 54.9 cm³/mol. The number of hydrogen-bond donors (Lipinski definition) is 1. The summed E-state index contributed by atoms with van der Waals surface area (Å²) in [6.45, 7) is 0. The van der Waals surface area contributed by atoms with Crippen molar-refractivity contribution in [2.24, 2.45) is 5.73 Å². The zero-order valence-electron chi connectivity index (χ0n) is 7.08. The van der Waals surface area contributed by atoms with Gasteiger partial charge < -0.3 is 5.73 Å². The standard InChI is InChI=1S/C8H7Cl2N3O/c9-7-5(2-1-3-6(11)14)4-12-8(10)13-7/h1-2,4H,3H2,(H2,11,14). The Labute approximate surface area is 90.7 Å². The molecule has 0 saturated carbocycles. The van der Waals surface area contributed by atoms with E-state index >= 15 is 0 Å². The molecule has 6 heteroatoms. The highest BCUT2D eigenvalue weighted by Gasteiger charge is 1.99. The van der Waals surface area contributed by atoms with E-state index in [1.54, 1.807) is 12.2 Å². The van der Waals surface area contributed by atoms with Crippen molar-refractivity contribution in [2.75, 3.05) is 0 Å². The molecule has 0 aliphatic rings. The third-order valence-electron chi connectivity index (χ3n) is 1.36. The quantitative estimate of drug-likeness (QED) is 0.636. The first-order chi connectivity index (χ1) is 6.59. The van der Waals surface area contributed by atoms with Crippen LogP contribution in [0.4, 0.5) is 0 Å². The van der Waals surface area contributed by atoms with Crippen molar-refractivity contribution < 1.29 is 4.79 Å². The zero-order chi connectivity index (χ0) is 10.6. The maximum Gasteiger partial charge on any atom is 0.223 e. The van der Waals surface area contributed by atoms with Crippen LogP contribution in [0.1, 0.15) is 12.0 Å². The van der Waals surface area contributed by atoms with Gasteiger partial charge in [0.05, 0.1) is 0 Å². The molecule has 0 aromatic carbocycles. The molecule has 0 radical (unpaired) electrons. The Kier molecular flexibility index (Phi) is 3.85. The fraction of sp³-hybridized carbons (Fsp3) is 0.125. The summed E-state index contributed by atoms with van der Waals surface area (Å²) in [5.74, 6) is -0.410. The molecule has 1 heterocycles. The molecule has 0 atom stereocenters. The first kappa shape index (κ1) is 10.9. The van der Waals surface area contributed by atoms with Crippen LogP contribution in [0.3, 0.4) is 0 Å². The number of aromatic nitrogens is 2. The number of carbonyl (C=O) groups excluding carboxylic acids is 1. The van der Waals surface area contributed by atoms with E-state index in [0.717, 1.165) is 0 Å². The molecule has 1 amide bonds. The van der Waals surface area contributed by atoms with Crippen molar-refractivity contribution in [2.45, 2.75) is 6.42 Å². The first-order valence-electron chi connectivity index (χ1n) is 3.72. The molecule has 14 heavy (non-hydrogen) atoms. The number of rotatable bonds is 3. The number of primary amides is 1. The first-order valence-corrected chi connectivity index (χ1v) is 4.48. The smallest absolute Gasteiger partial charge is 0.223 e. The third-order valence-corrected chi connectivity index (χ3v) is 1.84. The summed E-state index contributed by atoms with van der Waals surface area (Å²) in [7, 11) is 0. The molecule has 1 rings (SSSR count). The molecule has 2 N–H and O–H groups in total. The minimum Gasteiger partial charge on any atom is -0.369 e. The largest absolute Gasteiger partial charge is 0.369 e. The molecule has 4 nitrogen and oxygen atoms in total. The lowest BCUT2D eigenvalue weighted by Gasteiger charge is -1.95. The van der Waals surface area contributed by atoms with Gasteiger partial charge in [0, 0.05) is 18.2 Å². The van der Waals surface area contributed by atoms with E-state index < -0.39 is 5.91 Å². The summed E-state index contributed by atoms with van der Waals surface area (Å²) in [4.78, 5) is 17.9. The van der Waals surface area contributed by atoms with Gasteiger partial charge in [-0.2, -0.15) is 0 Å². The van der Waals surface area contributed by atoms with Gasteiger partial charge >= 0.3 is 0 Å². The van der Waals surface area contributed by atoms with Gasteiger partial charge in [0.15, 0.2) is 0 Å². The molecular weight excluding hydrogens is 225 g/mol. The van der Waals surface area contributed by atoms with E-state index in [4.69, 9.17) is 28.9 Å². The van der Waals surface area contributed by atoms with Crippen LogP contribution in [-0.4, -0.2) is 15.9 Å². The van der Waals surface area contributed by atoms with Crippen molar-refractivity contribution in [3.05, 3.63) is 28.3 Å². The van der Waals surface area contributed by atoms with Gasteiger partial charge in [-0.05, 0) is 11.6 Å². The molecule has 1 aromatic rings. The fourth-order valence-electron chi connectivity index (χ4n) is 0.764. The molecule has 0 spiro atoms. The normalized spacial score (nSPS) is 10.7. The monoisotopic (exact) mass is 231 g/mol. The van der Waals surface area contributed by atoms with E-state index in [9.17, 15) is 4.79 Å². The lowest BCUT2D eigenvalue weighted by Crippen LogP contribution is -2.07. The second kappa shape index (κ2) is 4.93. The third kappa shape index (κ3) is 3.32. The highest BCUT2D eigenvalue weighted by molar-refractivity contribution is 6.32. The van der Waals surface area contributed by atoms with Gasteiger partial charge in [-0.25, -0.2) is 9.97 Å². The molecule has 0 saturated heterocycles. The number of hydrogen-bond acceptors (Lipinski definition) is 3. The summed E-state index contributed by atoms with van der Waals surface area (Å²) < 4.78 is 0. The van der Waals surface area contributed by atoms with Crippen molar-refractivity contribution in [3.63, 3.8) is 0 Å². The predicted octanol–water partition coefficient (Wildman–Crippen LogP) is 1.67. The Morgan fingerprint density at radius 2 is 2.29 bits per heavy atom. The Bertz CT molecular complexity index is 379. The maximum atomic E-state index is 10.4. The lowest BCUT2D eigenvalue weighted by molar-refractivity contribution is -0.117. The Hall–Kier alpha value is -1.13. The van der Waals surface area contributed by atoms with Crippen molar-refractivity contribution >= 4 is 35.2 Å². The zero-order valence-corrected chi connectivity index (χ0v) is 8.59. The van der Waals surface area contributed by atoms with Crippen LogP contribution in [-0.2, 0) is 4.79 Å². The summed E-state index contributed by atoms with van der Waals surface area (Å²) in [5.41, 5.74) is 5.54. The SMILES string of the molecule is NC(=O)CC=Cc1cnc(Cl)nc1Cl. The number of nitrogens with zero attached hydrogens (tertiary/aromatic N) is 2. The van der Waals surface area contributed by atoms with E-state index in [1.807, 2.05) is 0 Å². The number of halogens is 2. The topological polar surface area (TPSA) is 68.9 Å². The van der Waals surface area contributed by atoms with Crippen molar-refractivity contribution in [1.82, 2.24) is 9.97 Å². The van der Waals surface area contributed by atoms with Crippen LogP contribution in [0.25, 0.3) is 6.08 Å².